The minimum Gasteiger partial charge on any atom is -0.443 e. The van der Waals surface area contributed by atoms with Crippen LogP contribution in [0.5, 0.6) is 0 Å². The Balaban J connectivity index is 2.93. The molecule has 0 saturated heterocycles. The summed E-state index contributed by atoms with van der Waals surface area (Å²) in [6, 6.07) is -0.276. The second-order valence-electron chi connectivity index (χ2n) is 7.12. The Labute approximate surface area is 121 Å². The smallest absolute Gasteiger partial charge is 0.417 e. The first-order valence-electron chi connectivity index (χ1n) is 6.92. The van der Waals surface area contributed by atoms with Gasteiger partial charge in [-0.2, -0.15) is 0 Å². The summed E-state index contributed by atoms with van der Waals surface area (Å²) in [5.74, 6) is -0.325. The van der Waals surface area contributed by atoms with Crippen LogP contribution in [-0.4, -0.2) is 28.5 Å². The number of carbonyl (C=O) groups excluding carboxylic acids is 2. The molecule has 1 aliphatic rings. The molecule has 0 aliphatic carbocycles. The molecule has 0 fully saturated rings. The van der Waals surface area contributed by atoms with Gasteiger partial charge in [-0.1, -0.05) is 39.0 Å². The molecule has 0 aromatic carbocycles. The Morgan fingerprint density at radius 1 is 1.30 bits per heavy atom. The molecule has 0 radical (unpaired) electrons. The van der Waals surface area contributed by atoms with Crippen LogP contribution in [0.25, 0.3) is 0 Å². The predicted octanol–water partition coefficient (Wildman–Crippen LogP) is 3.68. The lowest BCUT2D eigenvalue weighted by atomic mass is 9.94. The van der Waals surface area contributed by atoms with Gasteiger partial charge < -0.3 is 4.74 Å². The second kappa shape index (κ2) is 5.81. The predicted molar refractivity (Wildman–Crippen MR) is 79.2 cm³/mol. The number of hydrogen-bond donors (Lipinski definition) is 0. The van der Waals surface area contributed by atoms with Gasteiger partial charge >= 0.3 is 6.09 Å². The van der Waals surface area contributed by atoms with Crippen LogP contribution in [0.15, 0.2) is 24.3 Å². The van der Waals surface area contributed by atoms with Crippen LogP contribution in [-0.2, 0) is 9.53 Å². The van der Waals surface area contributed by atoms with Crippen LogP contribution in [0.1, 0.15) is 48.0 Å². The largest absolute Gasteiger partial charge is 0.443 e. The van der Waals surface area contributed by atoms with Crippen molar-refractivity contribution in [2.24, 2.45) is 5.41 Å². The van der Waals surface area contributed by atoms with E-state index < -0.39 is 11.7 Å². The van der Waals surface area contributed by atoms with Gasteiger partial charge in [0.15, 0.2) is 0 Å². The van der Waals surface area contributed by atoms with Gasteiger partial charge in [-0.25, -0.2) is 9.69 Å². The minimum absolute atomic E-state index is 0.00378. The average Bonchev–Trinajstić information content (AvgIpc) is 2.22. The highest BCUT2D eigenvalue weighted by Gasteiger charge is 2.32. The molecule has 4 nitrogen and oxygen atoms in total. The fraction of sp³-hybridized carbons (Fsp3) is 0.625. The topological polar surface area (TPSA) is 46.6 Å². The lowest BCUT2D eigenvalue weighted by Crippen LogP contribution is -2.47. The number of carbonyl (C=O) groups is 2. The summed E-state index contributed by atoms with van der Waals surface area (Å²) in [7, 11) is 0. The molecule has 1 atom stereocenters. The normalized spacial score (nSPS) is 20.6. The quantitative estimate of drug-likeness (QED) is 0.688. The van der Waals surface area contributed by atoms with Crippen LogP contribution in [0.2, 0.25) is 0 Å². The molecule has 0 aromatic rings. The second-order valence-corrected chi connectivity index (χ2v) is 7.12. The fourth-order valence-corrected chi connectivity index (χ4v) is 1.76. The van der Waals surface area contributed by atoms with E-state index >= 15 is 0 Å². The Kier molecular flexibility index (Phi) is 4.79. The maximum Gasteiger partial charge on any atom is 0.417 e. The Morgan fingerprint density at radius 3 is 2.40 bits per heavy atom. The highest BCUT2D eigenvalue weighted by molar-refractivity contribution is 6.00. The van der Waals surface area contributed by atoms with Crippen LogP contribution in [0, 0.1) is 5.41 Å². The van der Waals surface area contributed by atoms with Crippen LogP contribution in [0.4, 0.5) is 4.79 Å². The molecule has 112 valence electrons. The molecule has 0 bridgehead atoms. The monoisotopic (exact) mass is 279 g/mol. The maximum atomic E-state index is 12.2. The number of rotatable bonds is 1. The summed E-state index contributed by atoms with van der Waals surface area (Å²) in [5.41, 5.74) is -0.610. The zero-order chi connectivity index (χ0) is 15.6. The summed E-state index contributed by atoms with van der Waals surface area (Å²) < 4.78 is 5.31. The number of ether oxygens (including phenoxy) is 1. The molecule has 1 heterocycles. The summed E-state index contributed by atoms with van der Waals surface area (Å²) in [5, 5.41) is 0. The molecule has 1 rings (SSSR count). The summed E-state index contributed by atoms with van der Waals surface area (Å²) in [6.45, 7) is 11.6. The number of nitrogens with zero attached hydrogens (tertiary/aromatic N) is 1. The molecular formula is C16H25NO3. The van der Waals surface area contributed by atoms with E-state index in [0.717, 1.165) is 0 Å². The summed E-state index contributed by atoms with van der Waals surface area (Å²) in [6.07, 6.45) is 7.17. The van der Waals surface area contributed by atoms with Crippen LogP contribution >= 0.6 is 0 Å². The first-order chi connectivity index (χ1) is 8.99. The first kappa shape index (κ1) is 16.5. The maximum absolute atomic E-state index is 12.2. The summed E-state index contributed by atoms with van der Waals surface area (Å²) >= 11 is 0. The zero-order valence-electron chi connectivity index (χ0n) is 13.3. The van der Waals surface area contributed by atoms with Gasteiger partial charge in [-0.15, -0.1) is 0 Å². The van der Waals surface area contributed by atoms with Gasteiger partial charge in [0, 0.05) is 0 Å². The van der Waals surface area contributed by atoms with Crippen molar-refractivity contribution in [2.75, 3.05) is 0 Å². The molecule has 0 N–H and O–H groups in total. The Bertz CT molecular complexity index is 436. The molecule has 0 aromatic heterocycles. The van der Waals surface area contributed by atoms with Gasteiger partial charge in [-0.3, -0.25) is 4.79 Å². The molecule has 0 unspecified atom stereocenters. The van der Waals surface area contributed by atoms with Crippen molar-refractivity contribution in [1.82, 2.24) is 4.90 Å². The minimum atomic E-state index is -0.614. The molecule has 0 saturated carbocycles. The number of amides is 2. The van der Waals surface area contributed by atoms with Crippen molar-refractivity contribution in [2.45, 2.75) is 59.6 Å². The van der Waals surface area contributed by atoms with Crippen molar-refractivity contribution in [3.63, 3.8) is 0 Å². The lowest BCUT2D eigenvalue weighted by Gasteiger charge is -2.31. The SMILES string of the molecule is CC(C)(C)/C=C/[C@H]1CC=CC(=O)N1C(=O)OC(C)(C)C. The number of imide groups is 1. The molecular weight excluding hydrogens is 254 g/mol. The highest BCUT2D eigenvalue weighted by atomic mass is 16.6. The fourth-order valence-electron chi connectivity index (χ4n) is 1.76. The third-order valence-corrected chi connectivity index (χ3v) is 2.62. The average molecular weight is 279 g/mol. The van der Waals surface area contributed by atoms with E-state index in [4.69, 9.17) is 4.74 Å². The van der Waals surface area contributed by atoms with E-state index in [-0.39, 0.29) is 17.4 Å². The van der Waals surface area contributed by atoms with Gasteiger partial charge in [0.1, 0.15) is 5.60 Å². The molecule has 1 aliphatic heterocycles. The van der Waals surface area contributed by atoms with Gasteiger partial charge in [0.25, 0.3) is 5.91 Å². The number of hydrogen-bond acceptors (Lipinski definition) is 3. The third-order valence-electron chi connectivity index (χ3n) is 2.62. The summed E-state index contributed by atoms with van der Waals surface area (Å²) in [4.78, 5) is 25.3. The Morgan fingerprint density at radius 2 is 1.90 bits per heavy atom. The third kappa shape index (κ3) is 5.19. The van der Waals surface area contributed by atoms with E-state index in [9.17, 15) is 9.59 Å². The van der Waals surface area contributed by atoms with Crippen molar-refractivity contribution >= 4 is 12.0 Å². The first-order valence-corrected chi connectivity index (χ1v) is 6.92. The van der Waals surface area contributed by atoms with E-state index in [1.807, 2.05) is 12.2 Å². The van der Waals surface area contributed by atoms with Gasteiger partial charge in [0.05, 0.1) is 6.04 Å². The van der Waals surface area contributed by atoms with Gasteiger partial charge in [-0.05, 0) is 38.7 Å². The molecule has 0 spiro atoms. The number of allylic oxidation sites excluding steroid dienone is 1. The molecule has 2 amide bonds. The van der Waals surface area contributed by atoms with Crippen molar-refractivity contribution in [3.8, 4) is 0 Å². The standard InChI is InChI=1S/C16H25NO3/c1-15(2,3)11-10-12-8-7-9-13(18)17(12)14(19)20-16(4,5)6/h7,9-12H,8H2,1-6H3/b11-10+/t12-/m1/s1. The van der Waals surface area contributed by atoms with Crippen LogP contribution in [0.3, 0.4) is 0 Å². The zero-order valence-corrected chi connectivity index (χ0v) is 13.3. The van der Waals surface area contributed by atoms with Crippen molar-refractivity contribution in [3.05, 3.63) is 24.3 Å². The lowest BCUT2D eigenvalue weighted by molar-refractivity contribution is -0.127. The van der Waals surface area contributed by atoms with E-state index in [2.05, 4.69) is 20.8 Å². The van der Waals surface area contributed by atoms with E-state index in [0.29, 0.717) is 6.42 Å². The van der Waals surface area contributed by atoms with Crippen LogP contribution < -0.4 is 0 Å². The molecule has 20 heavy (non-hydrogen) atoms. The highest BCUT2D eigenvalue weighted by Crippen LogP contribution is 2.21. The van der Waals surface area contributed by atoms with Crippen molar-refractivity contribution < 1.29 is 14.3 Å². The van der Waals surface area contributed by atoms with E-state index in [1.54, 1.807) is 26.8 Å². The Hall–Kier alpha value is -1.58. The van der Waals surface area contributed by atoms with E-state index in [1.165, 1.54) is 11.0 Å². The van der Waals surface area contributed by atoms with Gasteiger partial charge in [0.2, 0.25) is 0 Å². The molecule has 4 heteroatoms. The van der Waals surface area contributed by atoms with Crippen molar-refractivity contribution in [1.29, 1.82) is 0 Å².